The molecule has 0 radical (unpaired) electrons. The van der Waals surface area contributed by atoms with Gasteiger partial charge in [-0.2, -0.15) is 0 Å². The fourth-order valence-electron chi connectivity index (χ4n) is 10.2. The molecule has 2 N–H and O–H groups in total. The number of imide groups is 2. The summed E-state index contributed by atoms with van der Waals surface area (Å²) >= 11 is 8.14. The summed E-state index contributed by atoms with van der Waals surface area (Å²) in [5.41, 5.74) is -1.19. The SMILES string of the molecule is COc1cc2cc(c1Cl)N(C)C(=O)C[C@H](OC(=O)[C@H](C)N(C)C(=O)CCC(C)(C)SC1CC(=O)N(CCOCCOCCOCCN3C(=O)CC(C)C3=O)C1=O)[C@]1(C)O[C@H]1[C@H](C)[C@@H]1C[C@@](O)(NC(=O)O1)[C@H](OC)/C=C/C=C(\C)C2. The minimum Gasteiger partial charge on any atom is -0.495 e. The number of allylic oxidation sites excluding steroid dienone is 3. The zero-order chi connectivity index (χ0) is 58.1. The van der Waals surface area contributed by atoms with Gasteiger partial charge < -0.3 is 52.8 Å². The Balaban J connectivity index is 1.03. The van der Waals surface area contributed by atoms with Crippen LogP contribution in [0.3, 0.4) is 0 Å². The number of carbonyl (C=O) groups excluding carboxylic acids is 8. The number of methoxy groups -OCH3 is 2. The van der Waals surface area contributed by atoms with Gasteiger partial charge in [0.1, 0.15) is 40.7 Å². The Kier molecular flexibility index (Phi) is 21.6. The quantitative estimate of drug-likeness (QED) is 0.0707. The third-order valence-corrected chi connectivity index (χ3v) is 17.1. The minimum atomic E-state index is -1.88. The molecule has 79 heavy (non-hydrogen) atoms. The first-order chi connectivity index (χ1) is 37.2. The number of likely N-dealkylation sites (tertiary alicyclic amines) is 2. The van der Waals surface area contributed by atoms with E-state index in [4.69, 9.17) is 49.5 Å². The smallest absolute Gasteiger partial charge is 0.409 e. The largest absolute Gasteiger partial charge is 0.495 e. The molecule has 438 valence electrons. The van der Waals surface area contributed by atoms with Gasteiger partial charge in [-0.05, 0) is 51.3 Å². The van der Waals surface area contributed by atoms with Gasteiger partial charge in [0.25, 0.3) is 0 Å². The average molecular weight is 1150 g/mol. The summed E-state index contributed by atoms with van der Waals surface area (Å²) in [6.45, 7) is 14.0. The molecule has 1 aromatic rings. The summed E-state index contributed by atoms with van der Waals surface area (Å²) in [5.74, 6) is -3.30. The third-order valence-electron chi connectivity index (χ3n) is 15.3. The summed E-state index contributed by atoms with van der Waals surface area (Å²) in [6, 6.07) is 2.40. The fraction of sp³-hybridized carbons (Fsp3) is 0.673. The van der Waals surface area contributed by atoms with Gasteiger partial charge in [-0.15, -0.1) is 11.8 Å². The molecule has 1 aromatic carbocycles. The van der Waals surface area contributed by atoms with Crippen LogP contribution in [0.15, 0.2) is 35.9 Å². The van der Waals surface area contributed by atoms with Crippen molar-refractivity contribution >= 4 is 76.6 Å². The third kappa shape index (κ3) is 15.7. The summed E-state index contributed by atoms with van der Waals surface area (Å²) in [5, 5.41) is 13.9. The van der Waals surface area contributed by atoms with Crippen LogP contribution < -0.4 is 15.0 Å². The number of benzene rings is 1. The van der Waals surface area contributed by atoms with Gasteiger partial charge in [-0.3, -0.25) is 43.9 Å². The Labute approximate surface area is 471 Å². The second-order valence-corrected chi connectivity index (χ2v) is 24.0. The highest BCUT2D eigenvalue weighted by Gasteiger charge is 2.64. The number of carbonyl (C=O) groups is 8. The number of epoxide rings is 1. The Morgan fingerprint density at radius 3 is 2.16 bits per heavy atom. The van der Waals surface area contributed by atoms with Gasteiger partial charge in [0.15, 0.2) is 5.72 Å². The first kappa shape index (κ1) is 63.0. The number of thioether (sulfide) groups is 1. The molecular weight excluding hydrogens is 1070 g/mol. The molecule has 4 bridgehead atoms. The zero-order valence-electron chi connectivity index (χ0n) is 47.2. The second kappa shape index (κ2) is 27.1. The molecule has 7 amide bonds. The molecule has 6 rings (SSSR count). The predicted molar refractivity (Wildman–Crippen MR) is 290 cm³/mol. The zero-order valence-corrected chi connectivity index (χ0v) is 48.7. The number of hydrogen-bond donors (Lipinski definition) is 2. The van der Waals surface area contributed by atoms with Crippen molar-refractivity contribution in [1.29, 1.82) is 0 Å². The van der Waals surface area contributed by atoms with Crippen LogP contribution in [0.4, 0.5) is 10.5 Å². The normalized spacial score (nSPS) is 29.2. The Morgan fingerprint density at radius 1 is 0.937 bits per heavy atom. The summed E-state index contributed by atoms with van der Waals surface area (Å²) in [4.78, 5) is 111. The highest BCUT2D eigenvalue weighted by Crippen LogP contribution is 2.49. The highest BCUT2D eigenvalue weighted by molar-refractivity contribution is 8.02. The van der Waals surface area contributed by atoms with Crippen molar-refractivity contribution in [3.05, 3.63) is 46.5 Å². The predicted octanol–water partition coefficient (Wildman–Crippen LogP) is 4.38. The van der Waals surface area contributed by atoms with Gasteiger partial charge in [-0.1, -0.05) is 63.1 Å². The molecule has 10 atom stereocenters. The fourth-order valence-corrected chi connectivity index (χ4v) is 11.9. The molecule has 0 saturated carbocycles. The van der Waals surface area contributed by atoms with Crippen molar-refractivity contribution in [3.8, 4) is 5.75 Å². The second-order valence-electron chi connectivity index (χ2n) is 21.7. The van der Waals surface area contributed by atoms with Crippen LogP contribution in [0.5, 0.6) is 5.75 Å². The molecule has 4 saturated heterocycles. The van der Waals surface area contributed by atoms with Crippen molar-refractivity contribution < 1.29 is 81.4 Å². The maximum absolute atomic E-state index is 14.4. The van der Waals surface area contributed by atoms with Crippen molar-refractivity contribution in [1.82, 2.24) is 20.0 Å². The maximum atomic E-state index is 14.4. The van der Waals surface area contributed by atoms with Gasteiger partial charge in [0.05, 0.1) is 83.3 Å². The Morgan fingerprint density at radius 2 is 1.56 bits per heavy atom. The average Bonchev–Trinajstić information content (AvgIpc) is 4.19. The van der Waals surface area contributed by atoms with Crippen LogP contribution >= 0.6 is 23.4 Å². The van der Waals surface area contributed by atoms with Crippen LogP contribution in [0.1, 0.15) is 92.6 Å². The van der Waals surface area contributed by atoms with Crippen molar-refractivity contribution in [2.75, 3.05) is 85.9 Å². The number of fused-ring (bicyclic) bond motifs is 5. The van der Waals surface area contributed by atoms with Crippen LogP contribution in [-0.2, 0) is 73.1 Å². The molecule has 5 heterocycles. The number of amides is 7. The van der Waals surface area contributed by atoms with E-state index in [0.717, 1.165) is 11.1 Å². The van der Waals surface area contributed by atoms with E-state index in [-0.39, 0.29) is 125 Å². The topological polar surface area (TPSA) is 259 Å². The molecule has 2 unspecified atom stereocenters. The van der Waals surface area contributed by atoms with E-state index in [0.29, 0.717) is 24.3 Å². The molecule has 24 heteroatoms. The maximum Gasteiger partial charge on any atom is 0.409 e. The minimum absolute atomic E-state index is 0.00435. The highest BCUT2D eigenvalue weighted by atomic mass is 35.5. The molecule has 5 aliphatic rings. The number of anilines is 1. The van der Waals surface area contributed by atoms with Crippen LogP contribution in [0.2, 0.25) is 5.02 Å². The van der Waals surface area contributed by atoms with Crippen molar-refractivity contribution in [3.63, 3.8) is 0 Å². The summed E-state index contributed by atoms with van der Waals surface area (Å²) in [6.07, 6.45) is 0.876. The van der Waals surface area contributed by atoms with Crippen molar-refractivity contribution in [2.45, 2.75) is 145 Å². The lowest BCUT2D eigenvalue weighted by molar-refractivity contribution is -0.162. The number of likely N-dealkylation sites (N-methyl/N-ethyl adjacent to an activating group) is 1. The van der Waals surface area contributed by atoms with E-state index < -0.39 is 75.7 Å². The lowest BCUT2D eigenvalue weighted by atomic mass is 9.83. The van der Waals surface area contributed by atoms with Gasteiger partial charge in [0.2, 0.25) is 35.4 Å². The molecule has 0 aromatic heterocycles. The molecule has 5 aliphatic heterocycles. The first-order valence-electron chi connectivity index (χ1n) is 26.7. The molecule has 4 fully saturated rings. The monoisotopic (exact) mass is 1150 g/mol. The molecule has 22 nitrogen and oxygen atoms in total. The molecular formula is C55H78ClN5O17S. The first-order valence-corrected chi connectivity index (χ1v) is 27.9. The molecule has 0 aliphatic carbocycles. The van der Waals surface area contributed by atoms with Crippen molar-refractivity contribution in [2.24, 2.45) is 11.8 Å². The number of alkyl carbamates (subject to hydrolysis) is 1. The summed E-state index contributed by atoms with van der Waals surface area (Å²) < 4.78 is 45.5. The van der Waals surface area contributed by atoms with E-state index in [1.807, 2.05) is 26.8 Å². The number of hydrogen-bond acceptors (Lipinski definition) is 18. The molecule has 0 spiro atoms. The van der Waals surface area contributed by atoms with E-state index in [1.54, 1.807) is 52.1 Å². The Bertz CT molecular complexity index is 2510. The standard InChI is InChI=1S/C55H78ClN5O17S/c1-32-13-12-14-41(72-11)55(70)31-39(76-52(69)57-55)34(3)48-54(7,78-48)42(30-44(63)59(9)37-27-36(25-32)28-38(71-10)47(37)56)77-51(68)35(4)58(8)43(62)15-16-53(5,6)79-40-29-46(65)61(50(40)67)18-20-74-22-24-75-23-21-73-19-17-60-45(64)26-33(2)49(60)66/h12-14,27-28,33-35,39-42,48,70H,15-26,29-31H2,1-11H3,(H,57,69)/b14-12+,32-13+/t33?,34-,35+,39+,40?,41-,42+,48+,54+,55+/m1/s1. The van der Waals surface area contributed by atoms with Gasteiger partial charge in [0, 0.05) is 63.5 Å². The number of halogens is 1. The van der Waals surface area contributed by atoms with E-state index in [9.17, 15) is 43.5 Å². The van der Waals surface area contributed by atoms with Crippen LogP contribution in [0, 0.1) is 11.8 Å². The lowest BCUT2D eigenvalue weighted by Crippen LogP contribution is -2.63. The lowest BCUT2D eigenvalue weighted by Gasteiger charge is -2.42. The number of nitrogens with one attached hydrogen (secondary N) is 1. The van der Waals surface area contributed by atoms with Gasteiger partial charge >= 0.3 is 12.1 Å². The van der Waals surface area contributed by atoms with E-state index >= 15 is 0 Å². The summed E-state index contributed by atoms with van der Waals surface area (Å²) in [7, 11) is 5.90. The number of nitrogens with zero attached hydrogens (tertiary/aromatic N) is 4. The van der Waals surface area contributed by atoms with Crippen LogP contribution in [0.25, 0.3) is 0 Å². The van der Waals surface area contributed by atoms with Gasteiger partial charge in [-0.25, -0.2) is 9.59 Å². The van der Waals surface area contributed by atoms with Crippen LogP contribution in [-0.4, -0.2) is 200 Å². The van der Waals surface area contributed by atoms with E-state index in [1.165, 1.54) is 59.6 Å². The number of rotatable bonds is 22. The number of ether oxygens (including phenoxy) is 8. The van der Waals surface area contributed by atoms with E-state index in [2.05, 4.69) is 5.32 Å². The number of esters is 1. The number of aliphatic hydroxyl groups is 1. The Hall–Kier alpha value is -5.14.